The second-order valence-electron chi connectivity index (χ2n) is 13.3. The Kier molecular flexibility index (Phi) is 7.48. The molecule has 2 bridgehead atoms. The second-order valence-corrected chi connectivity index (χ2v) is 13.3. The largest absolute Gasteiger partial charge is 0.208 e. The lowest BCUT2D eigenvalue weighted by atomic mass is 9.54. The maximum atomic E-state index is 9.49. The number of aromatic nitrogens is 3. The molecule has 1 unspecified atom stereocenters. The molecule has 0 amide bonds. The first-order chi connectivity index (χ1) is 21.9. The third-order valence-corrected chi connectivity index (χ3v) is 9.72. The lowest BCUT2D eigenvalue weighted by Crippen LogP contribution is -2.42. The summed E-state index contributed by atoms with van der Waals surface area (Å²) in [7, 11) is 0. The van der Waals surface area contributed by atoms with Gasteiger partial charge in [-0.1, -0.05) is 80.6 Å². The Balaban J connectivity index is 1.27. The molecular formula is C40H35N5. The summed E-state index contributed by atoms with van der Waals surface area (Å²) in [5, 5.41) is 19.0. The van der Waals surface area contributed by atoms with Crippen LogP contribution in [0.25, 0.3) is 45.3 Å². The van der Waals surface area contributed by atoms with E-state index in [0.29, 0.717) is 34.0 Å². The van der Waals surface area contributed by atoms with Crippen LogP contribution in [0.5, 0.6) is 0 Å². The average molecular weight is 586 g/mol. The monoisotopic (exact) mass is 585 g/mol. The van der Waals surface area contributed by atoms with Gasteiger partial charge >= 0.3 is 0 Å². The van der Waals surface area contributed by atoms with E-state index in [0.717, 1.165) is 40.0 Å². The predicted octanol–water partition coefficient (Wildman–Crippen LogP) is 9.39. The van der Waals surface area contributed by atoms with Crippen LogP contribution >= 0.6 is 0 Å². The van der Waals surface area contributed by atoms with Crippen LogP contribution in [0.2, 0.25) is 0 Å². The molecule has 220 valence electrons. The Labute approximate surface area is 265 Å². The molecule has 0 radical (unpaired) electrons. The van der Waals surface area contributed by atoms with E-state index >= 15 is 0 Å². The molecule has 5 aromatic rings. The van der Waals surface area contributed by atoms with Crippen molar-refractivity contribution in [2.75, 3.05) is 0 Å². The number of hydrogen-bond acceptors (Lipinski definition) is 5. The van der Waals surface area contributed by atoms with Crippen LogP contribution in [0.1, 0.15) is 62.6 Å². The molecule has 0 spiro atoms. The second kappa shape index (κ2) is 11.8. The summed E-state index contributed by atoms with van der Waals surface area (Å²) < 4.78 is 0. The number of nitriles is 2. The normalized spacial score (nSPS) is 22.3. The van der Waals surface area contributed by atoms with Gasteiger partial charge in [-0.25, -0.2) is 15.0 Å². The minimum Gasteiger partial charge on any atom is -0.208 e. The van der Waals surface area contributed by atoms with Crippen molar-refractivity contribution in [2.45, 2.75) is 51.4 Å². The Hall–Kier alpha value is -5.13. The van der Waals surface area contributed by atoms with Gasteiger partial charge in [0, 0.05) is 16.7 Å². The molecule has 2 saturated carbocycles. The van der Waals surface area contributed by atoms with E-state index in [1.54, 1.807) is 24.3 Å². The number of fused-ring (bicyclic) bond motifs is 2. The Morgan fingerprint density at radius 3 is 1.53 bits per heavy atom. The van der Waals surface area contributed by atoms with E-state index in [-0.39, 0.29) is 0 Å². The number of nitrogens with zero attached hydrogens (tertiary/aromatic N) is 5. The minimum absolute atomic E-state index is 0.309. The summed E-state index contributed by atoms with van der Waals surface area (Å²) in [5.74, 6) is 3.92. The van der Waals surface area contributed by atoms with Crippen molar-refractivity contribution >= 4 is 0 Å². The molecule has 4 aromatic carbocycles. The third-order valence-electron chi connectivity index (χ3n) is 9.72. The Bertz CT molecular complexity index is 1870. The summed E-state index contributed by atoms with van der Waals surface area (Å²) in [6.07, 6.45) is 6.67. The molecule has 5 heteroatoms. The average Bonchev–Trinajstić information content (AvgIpc) is 3.07. The standard InChI is InChI=1S/C40H35N5/c1-26-16-30-17-27(2)22-40(21-26,23-30)36-14-12-31(13-15-36)32-8-5-11-35(20-32)39-44-37(33-9-3-6-28(18-33)24-41)43-38(45-39)34-10-4-7-29(19-34)25-42/h3-15,18-20,26-27,30H,16-17,21-23H2,1-2H3/t26-,27+,30-,40?. The molecule has 2 fully saturated rings. The Morgan fingerprint density at radius 1 is 0.556 bits per heavy atom. The van der Waals surface area contributed by atoms with E-state index in [1.165, 1.54) is 43.2 Å². The summed E-state index contributed by atoms with van der Waals surface area (Å²) >= 11 is 0. The molecule has 1 heterocycles. The van der Waals surface area contributed by atoms with Crippen molar-refractivity contribution in [3.05, 3.63) is 114 Å². The zero-order valence-corrected chi connectivity index (χ0v) is 25.7. The van der Waals surface area contributed by atoms with Crippen molar-refractivity contribution in [3.8, 4) is 57.4 Å². The molecule has 0 saturated heterocycles. The molecule has 5 nitrogen and oxygen atoms in total. The van der Waals surface area contributed by atoms with Crippen LogP contribution in [0.15, 0.2) is 97.1 Å². The molecule has 0 N–H and O–H groups in total. The van der Waals surface area contributed by atoms with Crippen molar-refractivity contribution in [1.29, 1.82) is 10.5 Å². The van der Waals surface area contributed by atoms with Gasteiger partial charge in [-0.3, -0.25) is 0 Å². The lowest BCUT2D eigenvalue weighted by Gasteiger charge is -2.50. The first-order valence-electron chi connectivity index (χ1n) is 15.9. The van der Waals surface area contributed by atoms with E-state index in [4.69, 9.17) is 15.0 Å². The number of rotatable bonds is 5. The van der Waals surface area contributed by atoms with Gasteiger partial charge in [0.2, 0.25) is 0 Å². The van der Waals surface area contributed by atoms with E-state index in [9.17, 15) is 10.5 Å². The highest BCUT2D eigenvalue weighted by molar-refractivity contribution is 5.73. The van der Waals surface area contributed by atoms with Gasteiger partial charge in [0.05, 0.1) is 23.3 Å². The maximum Gasteiger partial charge on any atom is 0.164 e. The van der Waals surface area contributed by atoms with Gasteiger partial charge in [0.1, 0.15) is 0 Å². The highest BCUT2D eigenvalue weighted by Crippen LogP contribution is 2.54. The zero-order valence-electron chi connectivity index (χ0n) is 25.7. The Morgan fingerprint density at radius 2 is 1.02 bits per heavy atom. The molecule has 2 aliphatic carbocycles. The fraction of sp³-hybridized carbons (Fsp3) is 0.275. The van der Waals surface area contributed by atoms with Gasteiger partial charge in [-0.15, -0.1) is 0 Å². The fourth-order valence-corrected chi connectivity index (χ4v) is 8.13. The number of benzene rings is 4. The van der Waals surface area contributed by atoms with Crippen LogP contribution in [0.3, 0.4) is 0 Å². The van der Waals surface area contributed by atoms with Crippen LogP contribution in [0, 0.1) is 40.4 Å². The van der Waals surface area contributed by atoms with Gasteiger partial charge in [-0.05, 0) is 102 Å². The number of hydrogen-bond donors (Lipinski definition) is 0. The molecule has 2 aliphatic rings. The molecule has 0 aliphatic heterocycles. The molecule has 4 atom stereocenters. The fourth-order valence-electron chi connectivity index (χ4n) is 8.13. The van der Waals surface area contributed by atoms with Gasteiger partial charge in [0.25, 0.3) is 0 Å². The predicted molar refractivity (Wildman–Crippen MR) is 178 cm³/mol. The summed E-state index contributed by atoms with van der Waals surface area (Å²) in [6.45, 7) is 4.88. The highest BCUT2D eigenvalue weighted by Gasteiger charge is 2.45. The van der Waals surface area contributed by atoms with Crippen molar-refractivity contribution in [2.24, 2.45) is 17.8 Å². The molecular weight excluding hydrogens is 550 g/mol. The molecule has 1 aromatic heterocycles. The van der Waals surface area contributed by atoms with Gasteiger partial charge in [0.15, 0.2) is 17.5 Å². The maximum absolute atomic E-state index is 9.49. The molecule has 7 rings (SSSR count). The smallest absolute Gasteiger partial charge is 0.164 e. The highest BCUT2D eigenvalue weighted by atomic mass is 15.0. The van der Waals surface area contributed by atoms with Crippen molar-refractivity contribution < 1.29 is 0 Å². The van der Waals surface area contributed by atoms with E-state index in [2.05, 4.69) is 62.4 Å². The third kappa shape index (κ3) is 5.75. The SMILES string of the molecule is C[C@@H]1C[C@@H]2C[C@H](C)CC(c3ccc(-c4cccc(-c5nc(-c6cccc(C#N)c6)nc(-c6cccc(C#N)c6)n5)c4)cc3)(C1)C2. The topological polar surface area (TPSA) is 86.2 Å². The summed E-state index contributed by atoms with van der Waals surface area (Å²) in [5.41, 5.74) is 7.49. The van der Waals surface area contributed by atoms with Crippen LogP contribution in [-0.2, 0) is 5.41 Å². The zero-order chi connectivity index (χ0) is 31.0. The van der Waals surface area contributed by atoms with Crippen molar-refractivity contribution in [3.63, 3.8) is 0 Å². The van der Waals surface area contributed by atoms with Crippen molar-refractivity contribution in [1.82, 2.24) is 15.0 Å². The van der Waals surface area contributed by atoms with E-state index < -0.39 is 0 Å². The van der Waals surface area contributed by atoms with Gasteiger partial charge < -0.3 is 0 Å². The van der Waals surface area contributed by atoms with E-state index in [1.807, 2.05) is 36.4 Å². The summed E-state index contributed by atoms with van der Waals surface area (Å²) in [6, 6.07) is 36.6. The van der Waals surface area contributed by atoms with Gasteiger partial charge in [-0.2, -0.15) is 10.5 Å². The van der Waals surface area contributed by atoms with Crippen LogP contribution in [-0.4, -0.2) is 15.0 Å². The quantitative estimate of drug-likeness (QED) is 0.205. The minimum atomic E-state index is 0.309. The summed E-state index contributed by atoms with van der Waals surface area (Å²) in [4.78, 5) is 14.5. The first kappa shape index (κ1) is 28.6. The lowest BCUT2D eigenvalue weighted by molar-refractivity contribution is 0.0780. The first-order valence-corrected chi connectivity index (χ1v) is 15.9. The van der Waals surface area contributed by atoms with Crippen LogP contribution < -0.4 is 0 Å². The van der Waals surface area contributed by atoms with Crippen LogP contribution in [0.4, 0.5) is 0 Å². The molecule has 45 heavy (non-hydrogen) atoms.